The van der Waals surface area contributed by atoms with Crippen molar-refractivity contribution in [2.75, 3.05) is 17.2 Å². The van der Waals surface area contributed by atoms with Crippen molar-refractivity contribution in [1.82, 2.24) is 0 Å². The van der Waals surface area contributed by atoms with Crippen LogP contribution in [-0.2, 0) is 4.79 Å². The first-order valence-corrected chi connectivity index (χ1v) is 6.09. The van der Waals surface area contributed by atoms with E-state index in [1.165, 1.54) is 0 Å². The molecule has 1 aliphatic heterocycles. The van der Waals surface area contributed by atoms with E-state index in [2.05, 4.69) is 10.6 Å². The number of anilines is 2. The van der Waals surface area contributed by atoms with Crippen molar-refractivity contribution in [3.8, 4) is 5.75 Å². The Morgan fingerprint density at radius 1 is 1.24 bits per heavy atom. The summed E-state index contributed by atoms with van der Waals surface area (Å²) in [6.45, 7) is 0.614. The molecule has 1 fully saturated rings. The zero-order valence-corrected chi connectivity index (χ0v) is 9.62. The summed E-state index contributed by atoms with van der Waals surface area (Å²) < 4.78 is 0. The second-order valence-electron chi connectivity index (χ2n) is 4.99. The lowest BCUT2D eigenvalue weighted by Gasteiger charge is -2.24. The Morgan fingerprint density at radius 3 is 2.76 bits per heavy atom. The van der Waals surface area contributed by atoms with Crippen molar-refractivity contribution in [2.24, 2.45) is 5.41 Å². The Bertz CT molecular complexity index is 464. The van der Waals surface area contributed by atoms with Crippen LogP contribution in [0.1, 0.15) is 25.7 Å². The molecule has 3 N–H and O–H groups in total. The Kier molecular flexibility index (Phi) is 2.24. The van der Waals surface area contributed by atoms with Crippen molar-refractivity contribution in [3.63, 3.8) is 0 Å². The van der Waals surface area contributed by atoms with E-state index in [1.54, 1.807) is 12.1 Å². The van der Waals surface area contributed by atoms with E-state index in [0.717, 1.165) is 25.7 Å². The van der Waals surface area contributed by atoms with E-state index in [-0.39, 0.29) is 17.1 Å². The fourth-order valence-corrected chi connectivity index (χ4v) is 2.88. The minimum atomic E-state index is -0.286. The van der Waals surface area contributed by atoms with Crippen molar-refractivity contribution in [1.29, 1.82) is 0 Å². The van der Waals surface area contributed by atoms with E-state index >= 15 is 0 Å². The number of aromatic hydroxyl groups is 1. The van der Waals surface area contributed by atoms with Gasteiger partial charge in [0, 0.05) is 6.54 Å². The molecule has 1 aliphatic carbocycles. The molecule has 90 valence electrons. The molecule has 1 aromatic carbocycles. The van der Waals surface area contributed by atoms with Crippen LogP contribution >= 0.6 is 0 Å². The first kappa shape index (κ1) is 10.4. The maximum atomic E-state index is 12.3. The Morgan fingerprint density at radius 2 is 2.00 bits per heavy atom. The summed E-state index contributed by atoms with van der Waals surface area (Å²) in [5, 5.41) is 15.9. The van der Waals surface area contributed by atoms with Crippen LogP contribution in [0.25, 0.3) is 0 Å². The van der Waals surface area contributed by atoms with Crippen LogP contribution in [0.3, 0.4) is 0 Å². The highest BCUT2D eigenvalue weighted by molar-refractivity contribution is 6.01. The number of carbonyl (C=O) groups excluding carboxylic acids is 1. The van der Waals surface area contributed by atoms with E-state index < -0.39 is 0 Å². The summed E-state index contributed by atoms with van der Waals surface area (Å²) in [7, 11) is 0. The molecule has 4 nitrogen and oxygen atoms in total. The molecule has 0 aromatic heterocycles. The third kappa shape index (κ3) is 1.55. The summed E-state index contributed by atoms with van der Waals surface area (Å²) in [4.78, 5) is 12.3. The molecule has 0 radical (unpaired) electrons. The maximum Gasteiger partial charge on any atom is 0.232 e. The van der Waals surface area contributed by atoms with Gasteiger partial charge in [0.15, 0.2) is 0 Å². The zero-order chi connectivity index (χ0) is 11.9. The molecule has 1 saturated carbocycles. The van der Waals surface area contributed by atoms with Crippen LogP contribution < -0.4 is 10.6 Å². The third-order valence-electron chi connectivity index (χ3n) is 3.94. The molecule has 0 saturated heterocycles. The molecular weight excluding hydrogens is 216 g/mol. The van der Waals surface area contributed by atoms with Crippen LogP contribution in [0.2, 0.25) is 0 Å². The smallest absolute Gasteiger partial charge is 0.232 e. The number of carbonyl (C=O) groups is 1. The van der Waals surface area contributed by atoms with Gasteiger partial charge < -0.3 is 15.7 Å². The van der Waals surface area contributed by atoms with Crippen molar-refractivity contribution >= 4 is 17.3 Å². The van der Waals surface area contributed by atoms with E-state index in [4.69, 9.17) is 0 Å². The zero-order valence-electron chi connectivity index (χ0n) is 9.62. The molecule has 3 rings (SSSR count). The van der Waals surface area contributed by atoms with Gasteiger partial charge in [0.25, 0.3) is 0 Å². The van der Waals surface area contributed by atoms with Crippen LogP contribution in [-0.4, -0.2) is 17.6 Å². The normalized spacial score (nSPS) is 21.5. The van der Waals surface area contributed by atoms with Gasteiger partial charge in [-0.2, -0.15) is 0 Å². The molecule has 1 amide bonds. The maximum absolute atomic E-state index is 12.3. The highest BCUT2D eigenvalue weighted by atomic mass is 16.3. The first-order valence-electron chi connectivity index (χ1n) is 6.09. The number of phenols is 1. The Hall–Kier alpha value is -1.71. The molecule has 1 spiro atoms. The van der Waals surface area contributed by atoms with Gasteiger partial charge in [0.1, 0.15) is 11.4 Å². The van der Waals surface area contributed by atoms with Gasteiger partial charge in [-0.3, -0.25) is 4.79 Å². The number of hydrogen-bond donors (Lipinski definition) is 3. The van der Waals surface area contributed by atoms with Crippen LogP contribution in [0.5, 0.6) is 5.75 Å². The largest absolute Gasteiger partial charge is 0.506 e. The number of para-hydroxylation sites is 1. The van der Waals surface area contributed by atoms with Gasteiger partial charge in [-0.05, 0) is 25.0 Å². The lowest BCUT2D eigenvalue weighted by atomic mass is 9.85. The molecule has 17 heavy (non-hydrogen) atoms. The number of benzene rings is 1. The van der Waals surface area contributed by atoms with E-state index in [0.29, 0.717) is 17.9 Å². The highest BCUT2D eigenvalue weighted by Crippen LogP contribution is 2.43. The number of rotatable bonds is 0. The monoisotopic (exact) mass is 232 g/mol. The highest BCUT2D eigenvalue weighted by Gasteiger charge is 2.42. The average molecular weight is 232 g/mol. The predicted molar refractivity (Wildman–Crippen MR) is 66.1 cm³/mol. The molecule has 4 heteroatoms. The van der Waals surface area contributed by atoms with Gasteiger partial charge in [-0.1, -0.05) is 18.9 Å². The molecule has 0 atom stereocenters. The third-order valence-corrected chi connectivity index (χ3v) is 3.94. The number of hydrogen-bond acceptors (Lipinski definition) is 3. The standard InChI is InChI=1S/C13H16N2O2/c16-10-5-3-4-9-11(10)14-8-13(12(17)15-9)6-1-2-7-13/h3-5,14,16H,1-2,6-8H2,(H,15,17). The lowest BCUT2D eigenvalue weighted by molar-refractivity contribution is -0.124. The number of amides is 1. The number of nitrogens with one attached hydrogen (secondary N) is 2. The quantitative estimate of drug-likeness (QED) is 0.601. The van der Waals surface area contributed by atoms with Crippen molar-refractivity contribution in [3.05, 3.63) is 18.2 Å². The average Bonchev–Trinajstić information content (AvgIpc) is 2.72. The molecule has 1 heterocycles. The Labute approximate surface area is 100 Å². The number of fused-ring (bicyclic) bond motifs is 1. The summed E-state index contributed by atoms with van der Waals surface area (Å²) in [6.07, 6.45) is 4.08. The van der Waals surface area contributed by atoms with Gasteiger partial charge in [-0.25, -0.2) is 0 Å². The SMILES string of the molecule is O=C1Nc2cccc(O)c2NCC12CCCC2. The summed E-state index contributed by atoms with van der Waals surface area (Å²) in [6, 6.07) is 5.18. The minimum absolute atomic E-state index is 0.0897. The molecule has 0 unspecified atom stereocenters. The fraction of sp³-hybridized carbons (Fsp3) is 0.462. The van der Waals surface area contributed by atoms with Gasteiger partial charge in [0.2, 0.25) is 5.91 Å². The summed E-state index contributed by atoms with van der Waals surface area (Å²) in [5.74, 6) is 0.282. The molecule has 0 bridgehead atoms. The van der Waals surface area contributed by atoms with Gasteiger partial charge in [-0.15, -0.1) is 0 Å². The van der Waals surface area contributed by atoms with E-state index in [9.17, 15) is 9.90 Å². The molecular formula is C13H16N2O2. The summed E-state index contributed by atoms with van der Waals surface area (Å²) >= 11 is 0. The number of phenolic OH excluding ortho intramolecular Hbond substituents is 1. The van der Waals surface area contributed by atoms with Crippen LogP contribution in [0.15, 0.2) is 18.2 Å². The Balaban J connectivity index is 1.99. The van der Waals surface area contributed by atoms with Crippen molar-refractivity contribution in [2.45, 2.75) is 25.7 Å². The second kappa shape index (κ2) is 3.65. The second-order valence-corrected chi connectivity index (χ2v) is 4.99. The topological polar surface area (TPSA) is 61.4 Å². The van der Waals surface area contributed by atoms with Gasteiger partial charge >= 0.3 is 0 Å². The van der Waals surface area contributed by atoms with Crippen LogP contribution in [0, 0.1) is 5.41 Å². The molecule has 1 aromatic rings. The van der Waals surface area contributed by atoms with Gasteiger partial charge in [0.05, 0.1) is 11.1 Å². The predicted octanol–water partition coefficient (Wildman–Crippen LogP) is 2.32. The first-order chi connectivity index (χ1) is 8.21. The van der Waals surface area contributed by atoms with Crippen LogP contribution in [0.4, 0.5) is 11.4 Å². The van der Waals surface area contributed by atoms with E-state index in [1.807, 2.05) is 6.07 Å². The summed E-state index contributed by atoms with van der Waals surface area (Å²) in [5.41, 5.74) is 1.04. The lowest BCUT2D eigenvalue weighted by Crippen LogP contribution is -2.37. The minimum Gasteiger partial charge on any atom is -0.506 e. The van der Waals surface area contributed by atoms with Crippen molar-refractivity contribution < 1.29 is 9.90 Å². The molecule has 2 aliphatic rings. The fourth-order valence-electron chi connectivity index (χ4n) is 2.88.